The molecule has 6 nitrogen and oxygen atoms in total. The number of para-hydroxylation sites is 1. The average Bonchev–Trinajstić information content (AvgIpc) is 3.26. The van der Waals surface area contributed by atoms with Crippen LogP contribution in [-0.4, -0.2) is 25.2 Å². The number of ether oxygens (including phenoxy) is 3. The number of amides is 1. The maximum Gasteiger partial charge on any atom is 0.312 e. The van der Waals surface area contributed by atoms with E-state index in [0.717, 1.165) is 36.9 Å². The molecule has 3 heterocycles. The third-order valence-electron chi connectivity index (χ3n) is 6.07. The number of benzene rings is 2. The first kappa shape index (κ1) is 18.0. The van der Waals surface area contributed by atoms with Crippen LogP contribution in [0.15, 0.2) is 36.4 Å². The van der Waals surface area contributed by atoms with Crippen molar-refractivity contribution < 1.29 is 23.8 Å². The van der Waals surface area contributed by atoms with Gasteiger partial charge in [-0.15, -0.1) is 0 Å². The zero-order chi connectivity index (χ0) is 20.0. The highest BCUT2D eigenvalue weighted by molar-refractivity contribution is 6.13. The molecule has 0 N–H and O–H groups in total. The first-order valence-electron chi connectivity index (χ1n) is 10.2. The third kappa shape index (κ3) is 2.62. The molecule has 2 aromatic rings. The van der Waals surface area contributed by atoms with Crippen molar-refractivity contribution >= 4 is 17.6 Å². The summed E-state index contributed by atoms with van der Waals surface area (Å²) < 4.78 is 16.5. The number of hydrogen-bond acceptors (Lipinski definition) is 5. The molecule has 3 aliphatic rings. The molecule has 0 saturated heterocycles. The molecular formula is C23H23NO5. The van der Waals surface area contributed by atoms with Crippen LogP contribution in [0.3, 0.4) is 0 Å². The van der Waals surface area contributed by atoms with Crippen LogP contribution in [0, 0.1) is 0 Å². The van der Waals surface area contributed by atoms with Gasteiger partial charge in [-0.2, -0.15) is 0 Å². The van der Waals surface area contributed by atoms with Crippen molar-refractivity contribution in [3.63, 3.8) is 0 Å². The van der Waals surface area contributed by atoms with Crippen LogP contribution in [0.4, 0.5) is 5.69 Å². The highest BCUT2D eigenvalue weighted by atomic mass is 16.7. The van der Waals surface area contributed by atoms with E-state index in [1.807, 2.05) is 29.2 Å². The van der Waals surface area contributed by atoms with Crippen LogP contribution < -0.4 is 19.1 Å². The number of esters is 1. The van der Waals surface area contributed by atoms with Crippen LogP contribution in [0.5, 0.6) is 17.2 Å². The Kier molecular flexibility index (Phi) is 4.23. The number of carbonyl (C=O) groups is 2. The molecule has 6 heteroatoms. The zero-order valence-corrected chi connectivity index (χ0v) is 16.4. The number of hydrogen-bond donors (Lipinski definition) is 0. The molecule has 0 aliphatic carbocycles. The molecule has 0 saturated carbocycles. The van der Waals surface area contributed by atoms with Crippen molar-refractivity contribution in [1.29, 1.82) is 0 Å². The van der Waals surface area contributed by atoms with Crippen LogP contribution >= 0.6 is 0 Å². The second-order valence-electron chi connectivity index (χ2n) is 7.79. The van der Waals surface area contributed by atoms with E-state index in [2.05, 4.69) is 6.92 Å². The maximum atomic E-state index is 13.9. The van der Waals surface area contributed by atoms with Gasteiger partial charge in [-0.3, -0.25) is 9.59 Å². The summed E-state index contributed by atoms with van der Waals surface area (Å²) in [7, 11) is 0. The van der Waals surface area contributed by atoms with Gasteiger partial charge in [-0.1, -0.05) is 44.4 Å². The topological polar surface area (TPSA) is 65.1 Å². The summed E-state index contributed by atoms with van der Waals surface area (Å²) in [5.41, 5.74) is 1.34. The summed E-state index contributed by atoms with van der Waals surface area (Å²) in [4.78, 5) is 28.3. The average molecular weight is 393 g/mol. The number of fused-ring (bicyclic) bond motifs is 5. The Labute approximate surface area is 169 Å². The minimum Gasteiger partial charge on any atom is -0.454 e. The van der Waals surface area contributed by atoms with E-state index in [0.29, 0.717) is 29.4 Å². The lowest BCUT2D eigenvalue weighted by Crippen LogP contribution is -2.46. The predicted molar refractivity (Wildman–Crippen MR) is 107 cm³/mol. The fraction of sp³-hybridized carbons (Fsp3) is 0.391. The SMILES string of the molecule is CCCCCCN1C(=O)C2(CC(=O)Oc3cc4c(cc32)OCO4)c2ccccc21. The van der Waals surface area contributed by atoms with Gasteiger partial charge in [-0.25, -0.2) is 0 Å². The summed E-state index contributed by atoms with van der Waals surface area (Å²) in [6.45, 7) is 2.93. The highest BCUT2D eigenvalue weighted by Gasteiger charge is 2.57. The van der Waals surface area contributed by atoms with E-state index in [1.54, 1.807) is 12.1 Å². The minimum absolute atomic E-state index is 0.0129. The van der Waals surface area contributed by atoms with E-state index in [4.69, 9.17) is 14.2 Å². The first-order valence-corrected chi connectivity index (χ1v) is 10.2. The molecule has 150 valence electrons. The Balaban J connectivity index is 1.63. The normalized spacial score (nSPS) is 21.3. The molecule has 29 heavy (non-hydrogen) atoms. The molecular weight excluding hydrogens is 370 g/mol. The second-order valence-corrected chi connectivity index (χ2v) is 7.79. The number of anilines is 1. The summed E-state index contributed by atoms with van der Waals surface area (Å²) in [5.74, 6) is 1.01. The maximum absolute atomic E-state index is 13.9. The molecule has 0 aromatic heterocycles. The first-order chi connectivity index (χ1) is 14.1. The molecule has 0 bridgehead atoms. The van der Waals surface area contributed by atoms with Gasteiger partial charge in [-0.05, 0) is 24.1 Å². The molecule has 3 aliphatic heterocycles. The molecule has 1 unspecified atom stereocenters. The predicted octanol–water partition coefficient (Wildman–Crippen LogP) is 3.94. The molecule has 5 rings (SSSR count). The van der Waals surface area contributed by atoms with Crippen molar-refractivity contribution in [1.82, 2.24) is 0 Å². The van der Waals surface area contributed by atoms with Crippen LogP contribution in [0.25, 0.3) is 0 Å². The third-order valence-corrected chi connectivity index (χ3v) is 6.07. The summed E-state index contributed by atoms with van der Waals surface area (Å²) in [6.07, 6.45) is 4.28. The summed E-state index contributed by atoms with van der Waals surface area (Å²) >= 11 is 0. The number of unbranched alkanes of at least 4 members (excludes halogenated alkanes) is 3. The molecule has 0 fully saturated rings. The fourth-order valence-electron chi connectivity index (χ4n) is 4.69. The number of nitrogens with zero attached hydrogens (tertiary/aromatic N) is 1. The smallest absolute Gasteiger partial charge is 0.312 e. The van der Waals surface area contributed by atoms with Crippen molar-refractivity contribution in [2.24, 2.45) is 0 Å². The second kappa shape index (κ2) is 6.79. The van der Waals surface area contributed by atoms with Gasteiger partial charge in [0.05, 0.1) is 6.42 Å². The Bertz CT molecular complexity index is 1000. The number of carbonyl (C=O) groups excluding carboxylic acids is 2. The van der Waals surface area contributed by atoms with Gasteiger partial charge >= 0.3 is 5.97 Å². The lowest BCUT2D eigenvalue weighted by molar-refractivity contribution is -0.140. The molecule has 0 radical (unpaired) electrons. The fourth-order valence-corrected chi connectivity index (χ4v) is 4.69. The van der Waals surface area contributed by atoms with Gasteiger partial charge in [0.1, 0.15) is 11.2 Å². The van der Waals surface area contributed by atoms with E-state index in [-0.39, 0.29) is 19.1 Å². The molecule has 1 atom stereocenters. The number of rotatable bonds is 5. The van der Waals surface area contributed by atoms with Gasteiger partial charge < -0.3 is 19.1 Å². The van der Waals surface area contributed by atoms with E-state index in [9.17, 15) is 9.59 Å². The zero-order valence-electron chi connectivity index (χ0n) is 16.4. The van der Waals surface area contributed by atoms with Crippen molar-refractivity contribution in [3.05, 3.63) is 47.5 Å². The highest BCUT2D eigenvalue weighted by Crippen LogP contribution is 2.55. The monoisotopic (exact) mass is 393 g/mol. The molecule has 1 spiro atoms. The molecule has 2 aromatic carbocycles. The van der Waals surface area contributed by atoms with Crippen LogP contribution in [0.1, 0.15) is 50.2 Å². The lowest BCUT2D eigenvalue weighted by atomic mass is 9.71. The Morgan fingerprint density at radius 2 is 1.76 bits per heavy atom. The van der Waals surface area contributed by atoms with Crippen molar-refractivity contribution in [2.75, 3.05) is 18.2 Å². The Morgan fingerprint density at radius 1 is 0.966 bits per heavy atom. The van der Waals surface area contributed by atoms with Gasteiger partial charge in [0.2, 0.25) is 12.7 Å². The molecule has 1 amide bonds. The van der Waals surface area contributed by atoms with E-state index >= 15 is 0 Å². The summed E-state index contributed by atoms with van der Waals surface area (Å²) in [6, 6.07) is 11.2. The van der Waals surface area contributed by atoms with Gasteiger partial charge in [0.15, 0.2) is 11.5 Å². The van der Waals surface area contributed by atoms with Crippen LogP contribution in [-0.2, 0) is 15.0 Å². The standard InChI is InChI=1S/C23H23NO5/c1-2-3-4-7-10-24-17-9-6-5-8-15(17)23(22(24)26)13-21(25)29-18-12-20-19(11-16(18)23)27-14-28-20/h5-6,8-9,11-12H,2-4,7,10,13-14H2,1H3. The van der Waals surface area contributed by atoms with Crippen molar-refractivity contribution in [3.8, 4) is 17.2 Å². The summed E-state index contributed by atoms with van der Waals surface area (Å²) in [5, 5.41) is 0. The Hall–Kier alpha value is -3.02. The minimum atomic E-state index is -1.08. The Morgan fingerprint density at radius 3 is 2.59 bits per heavy atom. The largest absolute Gasteiger partial charge is 0.454 e. The van der Waals surface area contributed by atoms with E-state index < -0.39 is 11.4 Å². The lowest BCUT2D eigenvalue weighted by Gasteiger charge is -2.33. The quantitative estimate of drug-likeness (QED) is 0.437. The van der Waals surface area contributed by atoms with Crippen molar-refractivity contribution in [2.45, 2.75) is 44.4 Å². The van der Waals surface area contributed by atoms with E-state index in [1.165, 1.54) is 0 Å². The van der Waals surface area contributed by atoms with Gasteiger partial charge in [0.25, 0.3) is 0 Å². The van der Waals surface area contributed by atoms with Crippen LogP contribution in [0.2, 0.25) is 0 Å². The van der Waals surface area contributed by atoms with Gasteiger partial charge in [0, 0.05) is 23.9 Å².